The molecule has 0 atom stereocenters. The van der Waals surface area contributed by atoms with E-state index in [1.54, 1.807) is 18.2 Å². The molecule has 0 bridgehead atoms. The number of benzene rings is 1. The number of hydrogen-bond acceptors (Lipinski definition) is 3. The molecule has 1 amide bonds. The molecule has 3 N–H and O–H groups in total. The van der Waals surface area contributed by atoms with Gasteiger partial charge in [-0.3, -0.25) is 4.79 Å². The van der Waals surface area contributed by atoms with Crippen LogP contribution in [0.5, 0.6) is 0 Å². The van der Waals surface area contributed by atoms with Gasteiger partial charge in [0.25, 0.3) is 0 Å². The summed E-state index contributed by atoms with van der Waals surface area (Å²) in [5.41, 5.74) is 6.18. The Hall–Kier alpha value is -1.13. The molecule has 1 rings (SSSR count). The van der Waals surface area contributed by atoms with Crippen molar-refractivity contribution in [1.82, 2.24) is 5.32 Å². The van der Waals surface area contributed by atoms with Gasteiger partial charge in [0.1, 0.15) is 0 Å². The Balaban J connectivity index is 2.48. The van der Waals surface area contributed by atoms with Crippen molar-refractivity contribution in [2.75, 3.05) is 18.0 Å². The number of anilines is 1. The zero-order valence-electron chi connectivity index (χ0n) is 8.70. The third-order valence-corrected chi connectivity index (χ3v) is 3.26. The first-order chi connectivity index (χ1) is 7.63. The minimum Gasteiger partial charge on any atom is -0.399 e. The number of hydrogen-bond donors (Lipinski definition) is 2. The smallest absolute Gasteiger partial charge is 0.230 e. The van der Waals surface area contributed by atoms with Crippen LogP contribution in [0.4, 0.5) is 5.69 Å². The molecule has 86 valence electrons. The van der Waals surface area contributed by atoms with Crippen LogP contribution in [0.1, 0.15) is 0 Å². The van der Waals surface area contributed by atoms with Crippen LogP contribution >= 0.6 is 23.4 Å². The van der Waals surface area contributed by atoms with Gasteiger partial charge >= 0.3 is 0 Å². The Morgan fingerprint density at radius 3 is 3.00 bits per heavy atom. The maximum absolute atomic E-state index is 11.3. The van der Waals surface area contributed by atoms with Crippen LogP contribution in [0.15, 0.2) is 35.7 Å². The fourth-order valence-corrected chi connectivity index (χ4v) is 2.12. The van der Waals surface area contributed by atoms with E-state index in [0.29, 0.717) is 23.0 Å². The molecule has 0 radical (unpaired) electrons. The molecule has 0 unspecified atom stereocenters. The van der Waals surface area contributed by atoms with Gasteiger partial charge in [-0.2, -0.15) is 0 Å². The summed E-state index contributed by atoms with van der Waals surface area (Å²) in [5, 5.41) is 3.26. The molecule has 0 fully saturated rings. The Labute approximate surface area is 104 Å². The van der Waals surface area contributed by atoms with E-state index in [1.807, 2.05) is 6.07 Å². The molecule has 0 aliphatic rings. The van der Waals surface area contributed by atoms with Crippen molar-refractivity contribution in [3.8, 4) is 0 Å². The molecule has 16 heavy (non-hydrogen) atoms. The summed E-state index contributed by atoms with van der Waals surface area (Å²) in [6.07, 6.45) is 1.64. The molecule has 1 aromatic rings. The summed E-state index contributed by atoms with van der Waals surface area (Å²) in [4.78, 5) is 12.2. The molecule has 0 aliphatic heterocycles. The Morgan fingerprint density at radius 2 is 2.38 bits per heavy atom. The lowest BCUT2D eigenvalue weighted by Crippen LogP contribution is -2.24. The summed E-state index contributed by atoms with van der Waals surface area (Å²) in [6.45, 7) is 4.00. The van der Waals surface area contributed by atoms with Gasteiger partial charge < -0.3 is 11.1 Å². The second-order valence-electron chi connectivity index (χ2n) is 3.07. The maximum atomic E-state index is 11.3. The van der Waals surface area contributed by atoms with E-state index in [2.05, 4.69) is 11.9 Å². The Bertz CT molecular complexity index is 396. The third kappa shape index (κ3) is 4.16. The van der Waals surface area contributed by atoms with Crippen molar-refractivity contribution in [2.24, 2.45) is 0 Å². The van der Waals surface area contributed by atoms with E-state index in [-0.39, 0.29) is 5.91 Å². The van der Waals surface area contributed by atoms with Crippen molar-refractivity contribution in [3.63, 3.8) is 0 Å². The van der Waals surface area contributed by atoms with Crippen LogP contribution in [0.2, 0.25) is 5.02 Å². The third-order valence-electron chi connectivity index (χ3n) is 1.76. The van der Waals surface area contributed by atoms with Gasteiger partial charge in [-0.05, 0) is 18.2 Å². The van der Waals surface area contributed by atoms with Crippen LogP contribution in [0, 0.1) is 0 Å². The van der Waals surface area contributed by atoms with Crippen molar-refractivity contribution >= 4 is 35.0 Å². The summed E-state index contributed by atoms with van der Waals surface area (Å²) in [7, 11) is 0. The molecular weight excluding hydrogens is 244 g/mol. The summed E-state index contributed by atoms with van der Waals surface area (Å²) in [6, 6.07) is 5.24. The molecule has 0 saturated heterocycles. The highest BCUT2D eigenvalue weighted by molar-refractivity contribution is 8.00. The lowest BCUT2D eigenvalue weighted by atomic mass is 10.3. The number of rotatable bonds is 5. The molecular formula is C11H13ClN2OS. The highest BCUT2D eigenvalue weighted by atomic mass is 35.5. The van der Waals surface area contributed by atoms with E-state index in [4.69, 9.17) is 17.3 Å². The molecule has 1 aromatic carbocycles. The second kappa shape index (κ2) is 6.45. The fourth-order valence-electron chi connectivity index (χ4n) is 1.01. The van der Waals surface area contributed by atoms with Gasteiger partial charge in [-0.1, -0.05) is 17.7 Å². The van der Waals surface area contributed by atoms with Crippen LogP contribution < -0.4 is 11.1 Å². The van der Waals surface area contributed by atoms with E-state index in [0.717, 1.165) is 4.90 Å². The average molecular weight is 257 g/mol. The number of amides is 1. The first-order valence-corrected chi connectivity index (χ1v) is 6.05. The number of thioether (sulfide) groups is 1. The highest BCUT2D eigenvalue weighted by Crippen LogP contribution is 2.28. The van der Waals surface area contributed by atoms with Crippen LogP contribution in [-0.4, -0.2) is 18.2 Å². The lowest BCUT2D eigenvalue weighted by molar-refractivity contribution is -0.118. The van der Waals surface area contributed by atoms with Crippen LogP contribution in [0.25, 0.3) is 0 Å². The summed E-state index contributed by atoms with van der Waals surface area (Å²) in [5.74, 6) is 0.287. The number of nitrogens with two attached hydrogens (primary N) is 1. The summed E-state index contributed by atoms with van der Waals surface area (Å²) >= 11 is 7.35. The monoisotopic (exact) mass is 256 g/mol. The number of nitrogen functional groups attached to an aromatic ring is 1. The topological polar surface area (TPSA) is 55.1 Å². The van der Waals surface area contributed by atoms with E-state index >= 15 is 0 Å². The molecule has 5 heteroatoms. The molecule has 3 nitrogen and oxygen atoms in total. The van der Waals surface area contributed by atoms with Crippen molar-refractivity contribution in [3.05, 3.63) is 35.9 Å². The maximum Gasteiger partial charge on any atom is 0.230 e. The minimum absolute atomic E-state index is 0.0437. The van der Waals surface area contributed by atoms with Gasteiger partial charge in [-0.25, -0.2) is 0 Å². The molecule has 0 aliphatic carbocycles. The normalized spacial score (nSPS) is 9.81. The lowest BCUT2D eigenvalue weighted by Gasteiger charge is -2.05. The Kier molecular flexibility index (Phi) is 5.22. The standard InChI is InChI=1S/C11H13ClN2OS/c1-2-5-14-11(15)7-16-10-4-3-8(13)6-9(10)12/h2-4,6H,1,5,7,13H2,(H,14,15). The fraction of sp³-hybridized carbons (Fsp3) is 0.182. The van der Waals surface area contributed by atoms with E-state index in [1.165, 1.54) is 11.8 Å². The van der Waals surface area contributed by atoms with Gasteiger partial charge in [-0.15, -0.1) is 18.3 Å². The quantitative estimate of drug-likeness (QED) is 0.483. The Morgan fingerprint density at radius 1 is 1.62 bits per heavy atom. The van der Waals surface area contributed by atoms with Crippen LogP contribution in [-0.2, 0) is 4.79 Å². The second-order valence-corrected chi connectivity index (χ2v) is 4.50. The van der Waals surface area contributed by atoms with Gasteiger partial charge in [0.2, 0.25) is 5.91 Å². The van der Waals surface area contributed by atoms with Gasteiger partial charge in [0, 0.05) is 17.1 Å². The predicted molar refractivity (Wildman–Crippen MR) is 69.8 cm³/mol. The predicted octanol–water partition coefficient (Wildman–Crippen LogP) is 2.32. The van der Waals surface area contributed by atoms with E-state index < -0.39 is 0 Å². The number of carbonyl (C=O) groups is 1. The van der Waals surface area contributed by atoms with Crippen molar-refractivity contribution in [2.45, 2.75) is 4.90 Å². The first-order valence-electron chi connectivity index (χ1n) is 4.69. The number of nitrogens with one attached hydrogen (secondary N) is 1. The van der Waals surface area contributed by atoms with Crippen molar-refractivity contribution in [1.29, 1.82) is 0 Å². The molecule has 0 aromatic heterocycles. The molecule has 0 heterocycles. The highest BCUT2D eigenvalue weighted by Gasteiger charge is 2.05. The zero-order chi connectivity index (χ0) is 12.0. The minimum atomic E-state index is -0.0437. The largest absolute Gasteiger partial charge is 0.399 e. The summed E-state index contributed by atoms with van der Waals surface area (Å²) < 4.78 is 0. The first kappa shape index (κ1) is 12.9. The van der Waals surface area contributed by atoms with Gasteiger partial charge in [0.15, 0.2) is 0 Å². The van der Waals surface area contributed by atoms with E-state index in [9.17, 15) is 4.79 Å². The SMILES string of the molecule is C=CCNC(=O)CSc1ccc(N)cc1Cl. The number of carbonyl (C=O) groups excluding carboxylic acids is 1. The average Bonchev–Trinajstić information content (AvgIpc) is 2.25. The van der Waals surface area contributed by atoms with Gasteiger partial charge in [0.05, 0.1) is 10.8 Å². The zero-order valence-corrected chi connectivity index (χ0v) is 10.3. The molecule has 0 spiro atoms. The van der Waals surface area contributed by atoms with Crippen molar-refractivity contribution < 1.29 is 4.79 Å². The molecule has 0 saturated carbocycles. The number of halogens is 1. The van der Waals surface area contributed by atoms with Crippen LogP contribution in [0.3, 0.4) is 0 Å².